The van der Waals surface area contributed by atoms with Gasteiger partial charge in [-0.25, -0.2) is 4.79 Å². The van der Waals surface area contributed by atoms with Crippen LogP contribution in [0.15, 0.2) is 18.2 Å². The molecule has 0 saturated heterocycles. The van der Waals surface area contributed by atoms with E-state index in [4.69, 9.17) is 29.6 Å². The van der Waals surface area contributed by atoms with Crippen molar-refractivity contribution >= 4 is 40.5 Å². The fourth-order valence-electron chi connectivity index (χ4n) is 1.12. The monoisotopic (exact) mass is 271 g/mol. The van der Waals surface area contributed by atoms with Crippen LogP contribution in [0.4, 0.5) is 10.5 Å². The molecule has 0 saturated carbocycles. The van der Waals surface area contributed by atoms with Gasteiger partial charge < -0.3 is 16.0 Å². The second-order valence-corrected chi connectivity index (χ2v) is 4.35. The number of halogens is 1. The van der Waals surface area contributed by atoms with Crippen LogP contribution in [0.1, 0.15) is 12.5 Å². The minimum atomic E-state index is -0.211. The van der Waals surface area contributed by atoms with Crippen molar-refractivity contribution in [2.45, 2.75) is 6.92 Å². The number of nitrogens with one attached hydrogen (secondary N) is 1. The SMILES string of the molecule is CCN(C)C(=O)Nc1ccc(C(N)=S)cc1Cl. The summed E-state index contributed by atoms with van der Waals surface area (Å²) in [6, 6.07) is 4.82. The van der Waals surface area contributed by atoms with E-state index in [1.165, 1.54) is 4.90 Å². The molecule has 0 heterocycles. The van der Waals surface area contributed by atoms with Gasteiger partial charge in [0.1, 0.15) is 4.99 Å². The quantitative estimate of drug-likeness (QED) is 0.831. The third kappa shape index (κ3) is 3.57. The smallest absolute Gasteiger partial charge is 0.321 e. The van der Waals surface area contributed by atoms with Crippen molar-refractivity contribution < 1.29 is 4.79 Å². The summed E-state index contributed by atoms with van der Waals surface area (Å²) >= 11 is 10.9. The maximum Gasteiger partial charge on any atom is 0.321 e. The van der Waals surface area contributed by atoms with E-state index in [0.717, 1.165) is 0 Å². The maximum absolute atomic E-state index is 11.6. The number of urea groups is 1. The molecular formula is C11H14ClN3OS. The summed E-state index contributed by atoms with van der Waals surface area (Å²) in [5.41, 5.74) is 6.69. The van der Waals surface area contributed by atoms with Crippen molar-refractivity contribution in [3.8, 4) is 0 Å². The summed E-state index contributed by atoms with van der Waals surface area (Å²) < 4.78 is 0. The van der Waals surface area contributed by atoms with Crippen LogP contribution in [0.2, 0.25) is 5.02 Å². The third-order valence-electron chi connectivity index (χ3n) is 2.32. The third-order valence-corrected chi connectivity index (χ3v) is 2.86. The molecule has 0 aliphatic heterocycles. The Labute approximate surface area is 111 Å². The molecular weight excluding hydrogens is 258 g/mol. The first kappa shape index (κ1) is 13.7. The van der Waals surface area contributed by atoms with Crippen LogP contribution >= 0.6 is 23.8 Å². The van der Waals surface area contributed by atoms with Crippen LogP contribution in [-0.4, -0.2) is 29.5 Å². The summed E-state index contributed by atoms with van der Waals surface area (Å²) in [6.07, 6.45) is 0. The van der Waals surface area contributed by atoms with Gasteiger partial charge in [-0.2, -0.15) is 0 Å². The summed E-state index contributed by atoms with van der Waals surface area (Å²) in [4.78, 5) is 13.4. The number of benzene rings is 1. The number of rotatable bonds is 3. The van der Waals surface area contributed by atoms with E-state index in [2.05, 4.69) is 5.32 Å². The Morgan fingerprint density at radius 2 is 2.24 bits per heavy atom. The van der Waals surface area contributed by atoms with E-state index in [1.54, 1.807) is 25.2 Å². The number of nitrogens with two attached hydrogens (primary N) is 1. The first-order valence-electron chi connectivity index (χ1n) is 5.07. The molecule has 2 amide bonds. The highest BCUT2D eigenvalue weighted by molar-refractivity contribution is 7.80. The van der Waals surface area contributed by atoms with Crippen molar-refractivity contribution in [1.82, 2.24) is 4.90 Å². The van der Waals surface area contributed by atoms with E-state index >= 15 is 0 Å². The van der Waals surface area contributed by atoms with Crippen LogP contribution in [-0.2, 0) is 0 Å². The second-order valence-electron chi connectivity index (χ2n) is 3.50. The van der Waals surface area contributed by atoms with Gasteiger partial charge in [-0.3, -0.25) is 0 Å². The van der Waals surface area contributed by atoms with Gasteiger partial charge in [-0.1, -0.05) is 23.8 Å². The van der Waals surface area contributed by atoms with E-state index in [0.29, 0.717) is 22.8 Å². The largest absolute Gasteiger partial charge is 0.389 e. The lowest BCUT2D eigenvalue weighted by Crippen LogP contribution is -2.31. The van der Waals surface area contributed by atoms with Gasteiger partial charge >= 0.3 is 6.03 Å². The van der Waals surface area contributed by atoms with Crippen LogP contribution < -0.4 is 11.1 Å². The highest BCUT2D eigenvalue weighted by Crippen LogP contribution is 2.23. The predicted molar refractivity (Wildman–Crippen MR) is 74.7 cm³/mol. The Hall–Kier alpha value is -1.33. The van der Waals surface area contributed by atoms with Crippen molar-refractivity contribution in [1.29, 1.82) is 0 Å². The van der Waals surface area contributed by atoms with Crippen molar-refractivity contribution in [3.63, 3.8) is 0 Å². The van der Waals surface area contributed by atoms with E-state index in [1.807, 2.05) is 6.92 Å². The van der Waals surface area contributed by atoms with Crippen molar-refractivity contribution in [2.75, 3.05) is 18.9 Å². The lowest BCUT2D eigenvalue weighted by Gasteiger charge is -2.16. The minimum Gasteiger partial charge on any atom is -0.389 e. The van der Waals surface area contributed by atoms with Gasteiger partial charge in [0.25, 0.3) is 0 Å². The average Bonchev–Trinajstić information content (AvgIpc) is 2.30. The number of amides is 2. The lowest BCUT2D eigenvalue weighted by molar-refractivity contribution is 0.224. The Morgan fingerprint density at radius 3 is 2.71 bits per heavy atom. The number of anilines is 1. The molecule has 0 atom stereocenters. The molecule has 0 unspecified atom stereocenters. The maximum atomic E-state index is 11.6. The molecule has 6 heteroatoms. The van der Waals surface area contributed by atoms with Crippen LogP contribution in [0.25, 0.3) is 0 Å². The summed E-state index contributed by atoms with van der Waals surface area (Å²) in [5.74, 6) is 0. The number of carbonyl (C=O) groups is 1. The van der Waals surface area contributed by atoms with E-state index in [9.17, 15) is 4.79 Å². The number of hydrogen-bond acceptors (Lipinski definition) is 2. The van der Waals surface area contributed by atoms with Gasteiger partial charge in [0.2, 0.25) is 0 Å². The normalized spacial score (nSPS) is 9.82. The number of nitrogens with zero attached hydrogens (tertiary/aromatic N) is 1. The Bertz CT molecular complexity index is 450. The van der Waals surface area contributed by atoms with Gasteiger partial charge in [0.05, 0.1) is 10.7 Å². The molecule has 0 aliphatic carbocycles. The minimum absolute atomic E-state index is 0.211. The lowest BCUT2D eigenvalue weighted by atomic mass is 10.2. The number of carbonyl (C=O) groups excluding carboxylic acids is 1. The van der Waals surface area contributed by atoms with Gasteiger partial charge in [0, 0.05) is 19.2 Å². The average molecular weight is 272 g/mol. The van der Waals surface area contributed by atoms with E-state index in [-0.39, 0.29) is 11.0 Å². The fraction of sp³-hybridized carbons (Fsp3) is 0.273. The fourth-order valence-corrected chi connectivity index (χ4v) is 1.48. The zero-order valence-corrected chi connectivity index (χ0v) is 11.2. The molecule has 17 heavy (non-hydrogen) atoms. The van der Waals surface area contributed by atoms with Crippen molar-refractivity contribution in [3.05, 3.63) is 28.8 Å². The standard InChI is InChI=1S/C11H14ClN3OS/c1-3-15(2)11(16)14-9-5-4-7(10(13)17)6-8(9)12/h4-6H,3H2,1-2H3,(H2,13,17)(H,14,16). The number of thiocarbonyl (C=S) groups is 1. The molecule has 1 rings (SSSR count). The molecule has 92 valence electrons. The summed E-state index contributed by atoms with van der Waals surface area (Å²) in [6.45, 7) is 2.51. The number of hydrogen-bond donors (Lipinski definition) is 2. The molecule has 0 radical (unpaired) electrons. The first-order chi connectivity index (χ1) is 7.95. The second kappa shape index (κ2) is 5.84. The van der Waals surface area contributed by atoms with Crippen LogP contribution in [0, 0.1) is 0 Å². The first-order valence-corrected chi connectivity index (χ1v) is 5.85. The predicted octanol–water partition coefficient (Wildman–Crippen LogP) is 2.46. The van der Waals surface area contributed by atoms with Gasteiger partial charge in [-0.05, 0) is 25.1 Å². The van der Waals surface area contributed by atoms with Gasteiger partial charge in [-0.15, -0.1) is 0 Å². The molecule has 3 N–H and O–H groups in total. The molecule has 1 aromatic carbocycles. The summed E-state index contributed by atoms with van der Waals surface area (Å²) in [5, 5.41) is 3.11. The molecule has 0 spiro atoms. The molecule has 0 aliphatic rings. The topological polar surface area (TPSA) is 58.4 Å². The molecule has 4 nitrogen and oxygen atoms in total. The van der Waals surface area contributed by atoms with Gasteiger partial charge in [0.15, 0.2) is 0 Å². The van der Waals surface area contributed by atoms with Crippen molar-refractivity contribution in [2.24, 2.45) is 5.73 Å². The Kier molecular flexibility index (Phi) is 4.72. The highest BCUT2D eigenvalue weighted by atomic mass is 35.5. The molecule has 0 aromatic heterocycles. The zero-order valence-electron chi connectivity index (χ0n) is 9.66. The Balaban J connectivity index is 2.86. The highest BCUT2D eigenvalue weighted by Gasteiger charge is 2.09. The molecule has 0 fully saturated rings. The molecule has 1 aromatic rings. The van der Waals surface area contributed by atoms with Crippen LogP contribution in [0.3, 0.4) is 0 Å². The Morgan fingerprint density at radius 1 is 1.59 bits per heavy atom. The van der Waals surface area contributed by atoms with E-state index < -0.39 is 0 Å². The zero-order chi connectivity index (χ0) is 13.0. The van der Waals surface area contributed by atoms with Crippen LogP contribution in [0.5, 0.6) is 0 Å². The molecule has 0 bridgehead atoms. The summed E-state index contributed by atoms with van der Waals surface area (Å²) in [7, 11) is 1.70.